The normalized spacial score (nSPS) is 21.3. The number of benzene rings is 1. The Kier molecular flexibility index (Phi) is 6.66. The van der Waals surface area contributed by atoms with Gasteiger partial charge in [-0.3, -0.25) is 4.90 Å². The zero-order valence-corrected chi connectivity index (χ0v) is 16.6. The molecule has 0 radical (unpaired) electrons. The first-order valence-corrected chi connectivity index (χ1v) is 10.1. The highest BCUT2D eigenvalue weighted by molar-refractivity contribution is 5.65. The zero-order chi connectivity index (χ0) is 21.9. The summed E-state index contributed by atoms with van der Waals surface area (Å²) in [5, 5.41) is 30.3. The molecule has 2 aliphatic rings. The standard InChI is InChI=1S/C20H27F3N2O5/c21-20(22,23)30-17-12-14(4-5-16(17)26)15(19(29)6-2-1-3-7-19)13-24-8-10-25(11-9-24)18(27)28/h4-5,12,15,26,29H,1-3,6-11,13H2,(H,27,28). The van der Waals surface area contributed by atoms with Crippen molar-refractivity contribution >= 4 is 6.09 Å². The number of piperazine rings is 1. The molecule has 1 saturated heterocycles. The van der Waals surface area contributed by atoms with Gasteiger partial charge in [0, 0.05) is 38.6 Å². The Bertz CT molecular complexity index is 744. The minimum atomic E-state index is -4.94. The predicted molar refractivity (Wildman–Crippen MR) is 102 cm³/mol. The predicted octanol–water partition coefficient (Wildman–Crippen LogP) is 3.37. The van der Waals surface area contributed by atoms with Gasteiger partial charge in [-0.05, 0) is 30.5 Å². The Balaban J connectivity index is 1.85. The number of nitrogens with zero attached hydrogens (tertiary/aromatic N) is 2. The van der Waals surface area contributed by atoms with Gasteiger partial charge in [0.1, 0.15) is 0 Å². The fourth-order valence-corrected chi connectivity index (χ4v) is 4.43. The number of amides is 1. The summed E-state index contributed by atoms with van der Waals surface area (Å²) in [6.07, 6.45) is -2.23. The maximum Gasteiger partial charge on any atom is 0.573 e. The second-order valence-corrected chi connectivity index (χ2v) is 8.06. The van der Waals surface area contributed by atoms with Gasteiger partial charge in [-0.25, -0.2) is 4.79 Å². The summed E-state index contributed by atoms with van der Waals surface area (Å²) in [6.45, 7) is 1.99. The second-order valence-electron chi connectivity index (χ2n) is 8.06. The average Bonchev–Trinajstić information content (AvgIpc) is 2.68. The topological polar surface area (TPSA) is 93.5 Å². The third kappa shape index (κ3) is 5.48. The summed E-state index contributed by atoms with van der Waals surface area (Å²) in [7, 11) is 0. The van der Waals surface area contributed by atoms with Crippen molar-refractivity contribution in [1.82, 2.24) is 9.80 Å². The van der Waals surface area contributed by atoms with Crippen LogP contribution in [0.15, 0.2) is 18.2 Å². The van der Waals surface area contributed by atoms with Crippen LogP contribution in [0.3, 0.4) is 0 Å². The summed E-state index contributed by atoms with van der Waals surface area (Å²) >= 11 is 0. The number of halogens is 3. The van der Waals surface area contributed by atoms with Gasteiger partial charge in [-0.1, -0.05) is 25.3 Å². The van der Waals surface area contributed by atoms with Crippen LogP contribution in [0, 0.1) is 0 Å². The van der Waals surface area contributed by atoms with Crippen LogP contribution in [0.5, 0.6) is 11.5 Å². The SMILES string of the molecule is O=C(O)N1CCN(CC(c2ccc(O)c(OC(F)(F)F)c2)C2(O)CCCCC2)CC1. The molecule has 1 aliphatic heterocycles. The number of phenolic OH excluding ortho intramolecular Hbond substituents is 1. The minimum Gasteiger partial charge on any atom is -0.504 e. The van der Waals surface area contributed by atoms with Crippen molar-refractivity contribution in [3.63, 3.8) is 0 Å². The van der Waals surface area contributed by atoms with Crippen LogP contribution >= 0.6 is 0 Å². The van der Waals surface area contributed by atoms with Crippen molar-refractivity contribution in [1.29, 1.82) is 0 Å². The first-order chi connectivity index (χ1) is 14.1. The quantitative estimate of drug-likeness (QED) is 0.661. The highest BCUT2D eigenvalue weighted by atomic mass is 19.4. The van der Waals surface area contributed by atoms with Crippen molar-refractivity contribution in [3.05, 3.63) is 23.8 Å². The van der Waals surface area contributed by atoms with E-state index in [1.165, 1.54) is 11.0 Å². The van der Waals surface area contributed by atoms with E-state index in [9.17, 15) is 28.2 Å². The minimum absolute atomic E-state index is 0.332. The van der Waals surface area contributed by atoms with E-state index in [2.05, 4.69) is 4.74 Å². The average molecular weight is 432 g/mol. The highest BCUT2D eigenvalue weighted by Crippen LogP contribution is 2.43. The van der Waals surface area contributed by atoms with Gasteiger partial charge >= 0.3 is 12.5 Å². The Morgan fingerprint density at radius 3 is 2.33 bits per heavy atom. The fourth-order valence-electron chi connectivity index (χ4n) is 4.43. The molecule has 3 rings (SSSR count). The molecule has 1 aromatic rings. The lowest BCUT2D eigenvalue weighted by Gasteiger charge is -2.43. The van der Waals surface area contributed by atoms with Crippen LogP contribution in [0.25, 0.3) is 0 Å². The number of carboxylic acid groups (broad SMARTS) is 1. The molecule has 1 saturated carbocycles. The number of aliphatic hydroxyl groups is 1. The molecule has 1 amide bonds. The van der Waals surface area contributed by atoms with E-state index in [0.29, 0.717) is 51.1 Å². The molecule has 1 aliphatic carbocycles. The van der Waals surface area contributed by atoms with Crippen molar-refractivity contribution in [2.24, 2.45) is 0 Å². The number of rotatable bonds is 5. The molecule has 1 atom stereocenters. The van der Waals surface area contributed by atoms with E-state index in [4.69, 9.17) is 5.11 Å². The summed E-state index contributed by atoms with van der Waals surface area (Å²) in [6, 6.07) is 3.81. The largest absolute Gasteiger partial charge is 0.573 e. The van der Waals surface area contributed by atoms with E-state index in [1.807, 2.05) is 4.90 Å². The Hall–Kier alpha value is -2.20. The molecule has 3 N–H and O–H groups in total. The van der Waals surface area contributed by atoms with Crippen molar-refractivity contribution in [3.8, 4) is 11.5 Å². The van der Waals surface area contributed by atoms with Crippen LogP contribution in [-0.2, 0) is 0 Å². The lowest BCUT2D eigenvalue weighted by atomic mass is 9.72. The Morgan fingerprint density at radius 1 is 1.13 bits per heavy atom. The number of alkyl halides is 3. The van der Waals surface area contributed by atoms with Gasteiger partial charge in [0.2, 0.25) is 0 Å². The third-order valence-corrected chi connectivity index (χ3v) is 6.06. The number of phenols is 1. The van der Waals surface area contributed by atoms with Crippen molar-refractivity contribution in [2.45, 2.75) is 50.0 Å². The summed E-state index contributed by atoms with van der Waals surface area (Å²) in [5.74, 6) is -1.81. The molecule has 0 aromatic heterocycles. The maximum absolute atomic E-state index is 12.7. The molecule has 2 fully saturated rings. The Morgan fingerprint density at radius 2 is 1.77 bits per heavy atom. The zero-order valence-electron chi connectivity index (χ0n) is 16.6. The molecule has 0 spiro atoms. The summed E-state index contributed by atoms with van der Waals surface area (Å²) in [5.41, 5.74) is -0.633. The monoisotopic (exact) mass is 432 g/mol. The molecule has 10 heteroatoms. The second kappa shape index (κ2) is 8.89. The van der Waals surface area contributed by atoms with Gasteiger partial charge in [-0.2, -0.15) is 0 Å². The molecule has 7 nitrogen and oxygen atoms in total. The molecular weight excluding hydrogens is 405 g/mol. The van der Waals surface area contributed by atoms with Gasteiger partial charge < -0.3 is 25.0 Å². The number of aromatic hydroxyl groups is 1. The summed E-state index contributed by atoms with van der Waals surface area (Å²) in [4.78, 5) is 14.5. The molecule has 1 unspecified atom stereocenters. The molecule has 0 bridgehead atoms. The number of ether oxygens (including phenoxy) is 1. The lowest BCUT2D eigenvalue weighted by molar-refractivity contribution is -0.275. The molecule has 30 heavy (non-hydrogen) atoms. The molecule has 1 heterocycles. The van der Waals surface area contributed by atoms with Crippen LogP contribution in [0.1, 0.15) is 43.6 Å². The smallest absolute Gasteiger partial charge is 0.504 e. The van der Waals surface area contributed by atoms with Crippen molar-refractivity contribution in [2.75, 3.05) is 32.7 Å². The van der Waals surface area contributed by atoms with Gasteiger partial charge in [0.05, 0.1) is 5.60 Å². The number of hydrogen-bond acceptors (Lipinski definition) is 5. The van der Waals surface area contributed by atoms with Gasteiger partial charge in [-0.15, -0.1) is 13.2 Å². The van der Waals surface area contributed by atoms with E-state index < -0.39 is 35.5 Å². The van der Waals surface area contributed by atoms with Gasteiger partial charge in [0.15, 0.2) is 11.5 Å². The van der Waals surface area contributed by atoms with Crippen LogP contribution < -0.4 is 4.74 Å². The molecule has 168 valence electrons. The van der Waals surface area contributed by atoms with Gasteiger partial charge in [0.25, 0.3) is 0 Å². The first-order valence-electron chi connectivity index (χ1n) is 10.1. The number of carbonyl (C=O) groups is 1. The lowest BCUT2D eigenvalue weighted by Crippen LogP contribution is -2.51. The van der Waals surface area contributed by atoms with Crippen LogP contribution in [0.2, 0.25) is 0 Å². The van der Waals surface area contributed by atoms with E-state index in [0.717, 1.165) is 31.4 Å². The number of hydrogen-bond donors (Lipinski definition) is 3. The van der Waals surface area contributed by atoms with E-state index in [-0.39, 0.29) is 0 Å². The van der Waals surface area contributed by atoms with Crippen LogP contribution in [-0.4, -0.2) is 75.9 Å². The summed E-state index contributed by atoms with van der Waals surface area (Å²) < 4.78 is 42.1. The maximum atomic E-state index is 12.7. The van der Waals surface area contributed by atoms with Crippen molar-refractivity contribution < 1.29 is 38.0 Å². The molecular formula is C20H27F3N2O5. The first kappa shape index (κ1) is 22.5. The highest BCUT2D eigenvalue weighted by Gasteiger charge is 2.41. The Labute approximate surface area is 172 Å². The van der Waals surface area contributed by atoms with E-state index >= 15 is 0 Å². The molecule has 1 aromatic carbocycles. The van der Waals surface area contributed by atoms with Crippen LogP contribution in [0.4, 0.5) is 18.0 Å². The van der Waals surface area contributed by atoms with E-state index in [1.54, 1.807) is 0 Å². The third-order valence-electron chi connectivity index (χ3n) is 6.06. The fraction of sp³-hybridized carbons (Fsp3) is 0.650.